The molecule has 0 unspecified atom stereocenters. The Kier molecular flexibility index (Phi) is 14.9. The van der Waals surface area contributed by atoms with Gasteiger partial charge in [0.15, 0.2) is 0 Å². The molecule has 0 aromatic rings. The van der Waals surface area contributed by atoms with Gasteiger partial charge < -0.3 is 30.0 Å². The van der Waals surface area contributed by atoms with Crippen LogP contribution in [0.1, 0.15) is 66.7 Å². The summed E-state index contributed by atoms with van der Waals surface area (Å²) in [6, 6.07) is 0. The van der Waals surface area contributed by atoms with Gasteiger partial charge in [-0.1, -0.05) is 52.8 Å². The number of fused-ring (bicyclic) bond motifs is 1. The molecule has 0 aliphatic heterocycles. The zero-order chi connectivity index (χ0) is 23.7. The summed E-state index contributed by atoms with van der Waals surface area (Å²) in [5, 5.41) is 37.8. The van der Waals surface area contributed by atoms with Crippen molar-refractivity contribution in [3.63, 3.8) is 0 Å². The van der Waals surface area contributed by atoms with E-state index >= 15 is 0 Å². The molecule has 2 aliphatic rings. The molecule has 2 aliphatic carbocycles. The van der Waals surface area contributed by atoms with Crippen LogP contribution in [0.15, 0.2) is 23.8 Å². The smallest absolute Gasteiger partial charge is 0.550 e. The van der Waals surface area contributed by atoms with Crippen molar-refractivity contribution in [3.05, 3.63) is 23.8 Å². The number of ether oxygens (including phenoxy) is 1. The summed E-state index contributed by atoms with van der Waals surface area (Å²) in [5.41, 5.74) is 1.12. The van der Waals surface area contributed by atoms with Crippen molar-refractivity contribution in [2.75, 3.05) is 0 Å². The molecule has 0 aromatic carbocycles. The molecule has 0 saturated heterocycles. The Balaban J connectivity index is 0.000000690. The summed E-state index contributed by atoms with van der Waals surface area (Å²) < 4.78 is 5.73. The zero-order valence-electron chi connectivity index (χ0n) is 20.4. The van der Waals surface area contributed by atoms with Crippen molar-refractivity contribution in [1.82, 2.24) is 0 Å². The third-order valence-corrected chi connectivity index (χ3v) is 6.33. The third kappa shape index (κ3) is 10.1. The second-order valence-electron chi connectivity index (χ2n) is 8.89. The molecule has 178 valence electrons. The van der Waals surface area contributed by atoms with Crippen LogP contribution in [0.2, 0.25) is 0 Å². The summed E-state index contributed by atoms with van der Waals surface area (Å²) >= 11 is 0. The summed E-state index contributed by atoms with van der Waals surface area (Å²) in [5.74, 6) is -0.397. The second-order valence-corrected chi connectivity index (χ2v) is 8.89. The first kappa shape index (κ1) is 31.3. The molecule has 0 saturated carbocycles. The number of aliphatic carboxylic acids is 1. The Morgan fingerprint density at radius 3 is 2.34 bits per heavy atom. The molecule has 0 spiro atoms. The van der Waals surface area contributed by atoms with Gasteiger partial charge in [-0.2, -0.15) is 0 Å². The van der Waals surface area contributed by atoms with E-state index in [1.165, 1.54) is 0 Å². The first-order valence-electron chi connectivity index (χ1n) is 11.3. The summed E-state index contributed by atoms with van der Waals surface area (Å²) in [4.78, 5) is 22.0. The van der Waals surface area contributed by atoms with E-state index in [0.717, 1.165) is 12.0 Å². The molecule has 7 nitrogen and oxygen atoms in total. The minimum atomic E-state index is -1.29. The molecule has 8 heteroatoms. The van der Waals surface area contributed by atoms with Crippen LogP contribution >= 0.6 is 0 Å². The maximum absolute atomic E-state index is 12.1. The number of carbonyl (C=O) groups excluding carboxylic acids is 2. The molecule has 0 radical (unpaired) electrons. The molecule has 2 rings (SSSR count). The van der Waals surface area contributed by atoms with Gasteiger partial charge in [0.2, 0.25) is 0 Å². The molecule has 32 heavy (non-hydrogen) atoms. The van der Waals surface area contributed by atoms with Gasteiger partial charge in [0, 0.05) is 24.7 Å². The molecule has 0 aromatic heterocycles. The summed E-state index contributed by atoms with van der Waals surface area (Å²) in [6.45, 7) is 10.0. The number of carboxylic acid groups (broad SMARTS) is 1. The van der Waals surface area contributed by atoms with Crippen LogP contribution < -0.4 is 34.7 Å². The molecule has 0 fully saturated rings. The van der Waals surface area contributed by atoms with Gasteiger partial charge in [-0.15, -0.1) is 0 Å². The van der Waals surface area contributed by atoms with E-state index in [0.29, 0.717) is 24.7 Å². The maximum Gasteiger partial charge on any atom is 1.00 e. The fourth-order valence-electron chi connectivity index (χ4n) is 3.88. The van der Waals surface area contributed by atoms with Crippen molar-refractivity contribution >= 4 is 11.9 Å². The van der Waals surface area contributed by atoms with E-state index in [1.54, 1.807) is 6.92 Å². The van der Waals surface area contributed by atoms with Crippen LogP contribution in [-0.2, 0) is 14.3 Å². The number of allylic oxidation sites excluding steroid dienone is 2. The number of carbonyl (C=O) groups is 2. The van der Waals surface area contributed by atoms with Crippen LogP contribution in [0, 0.1) is 23.7 Å². The van der Waals surface area contributed by atoms with Crippen LogP contribution in [0.25, 0.3) is 0 Å². The Morgan fingerprint density at radius 2 is 1.81 bits per heavy atom. The van der Waals surface area contributed by atoms with Crippen molar-refractivity contribution in [1.29, 1.82) is 0 Å². The largest absolute Gasteiger partial charge is 1.00 e. The van der Waals surface area contributed by atoms with E-state index < -0.39 is 30.7 Å². The van der Waals surface area contributed by atoms with Gasteiger partial charge in [-0.3, -0.25) is 4.79 Å². The van der Waals surface area contributed by atoms with E-state index in [4.69, 9.17) is 14.9 Å². The summed E-state index contributed by atoms with van der Waals surface area (Å²) in [6.07, 6.45) is 5.37. The fourth-order valence-corrected chi connectivity index (χ4v) is 3.88. The Morgan fingerprint density at radius 1 is 1.19 bits per heavy atom. The minimum absolute atomic E-state index is 0. The van der Waals surface area contributed by atoms with Gasteiger partial charge in [0.25, 0.3) is 0 Å². The Labute approximate surface area is 214 Å². The van der Waals surface area contributed by atoms with Gasteiger partial charge in [-0.05, 0) is 36.7 Å². The molecular weight excluding hydrogens is 423 g/mol. The average molecular weight is 463 g/mol. The monoisotopic (exact) mass is 462 g/mol. The number of rotatable bonds is 8. The van der Waals surface area contributed by atoms with Gasteiger partial charge in [0.1, 0.15) is 6.10 Å². The number of aliphatic hydroxyl groups is 3. The summed E-state index contributed by atoms with van der Waals surface area (Å²) in [7, 11) is 0. The average Bonchev–Trinajstić information content (AvgIpc) is 2.69. The van der Waals surface area contributed by atoms with Crippen LogP contribution in [0.3, 0.4) is 0 Å². The zero-order valence-corrected chi connectivity index (χ0v) is 22.4. The Bertz CT molecular complexity index is 648. The van der Waals surface area contributed by atoms with E-state index in [1.807, 2.05) is 19.9 Å². The van der Waals surface area contributed by atoms with Gasteiger partial charge >= 0.3 is 35.5 Å². The quantitative estimate of drug-likeness (QED) is 0.304. The maximum atomic E-state index is 12.1. The van der Waals surface area contributed by atoms with Gasteiger partial charge in [-0.25, -0.2) is 0 Å². The predicted octanol–water partition coefficient (Wildman–Crippen LogP) is -1.25. The molecule has 0 amide bonds. The van der Waals surface area contributed by atoms with E-state index in [2.05, 4.69) is 26.0 Å². The SMILES string of the molecule is CC[C@@H](O)C[C@@H](O)CC(=O)[O-].CC[C@H](C)C(=O)O[C@H]1C[C@H](O)C=C2C=C[C@H](C)[C@H](C)[C@H]21.[Na+]. The van der Waals surface area contributed by atoms with Crippen LogP contribution in [0.5, 0.6) is 0 Å². The van der Waals surface area contributed by atoms with Crippen molar-refractivity contribution in [3.8, 4) is 0 Å². The Hall–Kier alpha value is -0.700. The first-order chi connectivity index (χ1) is 14.5. The predicted molar refractivity (Wildman–Crippen MR) is 116 cm³/mol. The van der Waals surface area contributed by atoms with E-state index in [9.17, 15) is 19.8 Å². The number of aliphatic hydroxyl groups excluding tert-OH is 3. The topological polar surface area (TPSA) is 127 Å². The minimum Gasteiger partial charge on any atom is -0.550 e. The number of hydrogen-bond donors (Lipinski definition) is 3. The van der Waals surface area contributed by atoms with Crippen LogP contribution in [0.4, 0.5) is 0 Å². The normalized spacial score (nSPS) is 29.1. The third-order valence-electron chi connectivity index (χ3n) is 6.33. The molecular formula is C24H39NaO7. The number of hydrogen-bond acceptors (Lipinski definition) is 7. The fraction of sp³-hybridized carbons (Fsp3) is 0.750. The molecule has 0 bridgehead atoms. The van der Waals surface area contributed by atoms with Gasteiger partial charge in [0.05, 0.1) is 24.2 Å². The molecule has 0 heterocycles. The standard InChI is InChI=1S/C17H26O3.C7H14O4.Na/c1-5-10(2)17(19)20-15-9-14(18)8-13-7-6-11(3)12(4)16(13)15;1-2-5(8)3-6(9)4-7(10)11;/h6-8,10-12,14-16,18H,5,9H2,1-4H3;5-6,8-9H,2-4H2,1H3,(H,10,11);/q;;+1/p-1/t10-,11-,12-,14+,15-,16+;5-,6-;/m01./s1. The number of carboxylic acids is 1. The van der Waals surface area contributed by atoms with Crippen molar-refractivity contribution < 1.29 is 64.3 Å². The van der Waals surface area contributed by atoms with Crippen molar-refractivity contribution in [2.24, 2.45) is 23.7 Å². The van der Waals surface area contributed by atoms with Crippen LogP contribution in [-0.4, -0.2) is 51.7 Å². The molecule has 3 N–H and O–H groups in total. The first-order valence-corrected chi connectivity index (χ1v) is 11.3. The van der Waals surface area contributed by atoms with Crippen molar-refractivity contribution in [2.45, 2.75) is 91.1 Å². The second kappa shape index (κ2) is 15.3. The van der Waals surface area contributed by atoms with E-state index in [-0.39, 0.29) is 59.9 Å². The number of esters is 1. The molecule has 8 atom stereocenters.